The number of fused-ring (bicyclic) bond motifs is 1. The van der Waals surface area contributed by atoms with Gasteiger partial charge in [0.05, 0.1) is 13.0 Å². The highest BCUT2D eigenvalue weighted by molar-refractivity contribution is 7.90. The Labute approximate surface area is 223 Å². The number of carbonyl (C=O) groups excluding carboxylic acids is 1. The molecular weight excluding hydrogens is 535 g/mol. The zero-order chi connectivity index (χ0) is 26.6. The number of ether oxygens (including phenoxy) is 1. The van der Waals surface area contributed by atoms with Crippen LogP contribution in [0.5, 0.6) is 5.88 Å². The molecule has 2 saturated carbocycles. The maximum Gasteiger partial charge on any atom is 0.243 e. The van der Waals surface area contributed by atoms with Crippen LogP contribution in [-0.4, -0.2) is 58.7 Å². The number of anilines is 3. The summed E-state index contributed by atoms with van der Waals surface area (Å²) in [6.45, 7) is 0.368. The topological polar surface area (TPSA) is 145 Å². The molecule has 0 spiro atoms. The standard InChI is InChI=1S/C23H29FN8O4S2/c1-31-18(9-19(30-31)36-2)27-23-29-25-11-32(23)13-5-6-17-15(7-13)20(38(34,35)26-10-12-3-4-12)22(37-17)28-21(33)14-8-16(14)24/h9,11-14,16,26H,3-8,10H2,1-2H3,(H,27,29)(H,28,33)/t13-,14-,16-/m0/s1. The summed E-state index contributed by atoms with van der Waals surface area (Å²) in [6.07, 6.45) is 4.40. The molecule has 0 saturated heterocycles. The minimum Gasteiger partial charge on any atom is -0.480 e. The van der Waals surface area contributed by atoms with Crippen molar-refractivity contribution in [3.8, 4) is 5.88 Å². The Hall–Kier alpha value is -3.04. The van der Waals surface area contributed by atoms with Crippen LogP contribution in [0, 0.1) is 11.8 Å². The lowest BCUT2D eigenvalue weighted by molar-refractivity contribution is -0.117. The third kappa shape index (κ3) is 4.89. The molecule has 12 nitrogen and oxygen atoms in total. The van der Waals surface area contributed by atoms with Crippen LogP contribution >= 0.6 is 11.3 Å². The van der Waals surface area contributed by atoms with Gasteiger partial charge in [0, 0.05) is 30.6 Å². The number of hydrogen-bond donors (Lipinski definition) is 3. The molecule has 3 N–H and O–H groups in total. The Bertz CT molecular complexity index is 1480. The summed E-state index contributed by atoms with van der Waals surface area (Å²) in [4.78, 5) is 13.6. The molecule has 204 valence electrons. The highest BCUT2D eigenvalue weighted by Crippen LogP contribution is 2.45. The van der Waals surface area contributed by atoms with Crippen molar-refractivity contribution in [1.29, 1.82) is 0 Å². The summed E-state index contributed by atoms with van der Waals surface area (Å²) in [6, 6.07) is 1.62. The van der Waals surface area contributed by atoms with Gasteiger partial charge in [-0.1, -0.05) is 0 Å². The van der Waals surface area contributed by atoms with Crippen LogP contribution in [0.25, 0.3) is 0 Å². The van der Waals surface area contributed by atoms with E-state index >= 15 is 0 Å². The summed E-state index contributed by atoms with van der Waals surface area (Å²) in [5, 5.41) is 18.8. The minimum absolute atomic E-state index is 0.103. The molecular formula is C23H29FN8O4S2. The SMILES string of the molecule is COc1cc(Nc2nncn2[C@H]2CCc3sc(NC(=O)[C@H]4C[C@@H]4F)c(S(=O)(=O)NCC4CC4)c3C2)n(C)n1. The number of alkyl halides is 1. The largest absolute Gasteiger partial charge is 0.480 e. The number of rotatable bonds is 10. The highest BCUT2D eigenvalue weighted by Gasteiger charge is 2.45. The monoisotopic (exact) mass is 564 g/mol. The molecule has 3 aromatic heterocycles. The number of nitrogens with one attached hydrogen (secondary N) is 3. The summed E-state index contributed by atoms with van der Waals surface area (Å²) in [7, 11) is -0.580. The van der Waals surface area contributed by atoms with Gasteiger partial charge in [-0.15, -0.1) is 26.6 Å². The lowest BCUT2D eigenvalue weighted by Crippen LogP contribution is -2.29. The van der Waals surface area contributed by atoms with Crippen molar-refractivity contribution in [2.24, 2.45) is 18.9 Å². The number of halogens is 1. The first-order valence-electron chi connectivity index (χ1n) is 12.6. The zero-order valence-electron chi connectivity index (χ0n) is 21.0. The van der Waals surface area contributed by atoms with Gasteiger partial charge in [0.1, 0.15) is 28.2 Å². The number of aromatic nitrogens is 5. The van der Waals surface area contributed by atoms with Crippen molar-refractivity contribution < 1.29 is 22.3 Å². The molecule has 6 rings (SSSR count). The van der Waals surface area contributed by atoms with E-state index in [4.69, 9.17) is 4.74 Å². The minimum atomic E-state index is -3.89. The Morgan fingerprint density at radius 3 is 2.79 bits per heavy atom. The van der Waals surface area contributed by atoms with Crippen LogP contribution in [0.15, 0.2) is 17.3 Å². The van der Waals surface area contributed by atoms with Gasteiger partial charge in [-0.2, -0.15) is 0 Å². The molecule has 0 aliphatic heterocycles. The van der Waals surface area contributed by atoms with E-state index < -0.39 is 28.0 Å². The number of methoxy groups -OCH3 is 1. The average Bonchev–Trinajstić information content (AvgIpc) is 3.72. The molecule has 0 unspecified atom stereocenters. The zero-order valence-corrected chi connectivity index (χ0v) is 22.6. The van der Waals surface area contributed by atoms with Gasteiger partial charge in [0.25, 0.3) is 0 Å². The normalized spacial score (nSPS) is 22.7. The highest BCUT2D eigenvalue weighted by atomic mass is 32.2. The Kier molecular flexibility index (Phi) is 6.39. The number of thiophene rings is 1. The molecule has 15 heteroatoms. The van der Waals surface area contributed by atoms with E-state index in [0.29, 0.717) is 48.5 Å². The van der Waals surface area contributed by atoms with Crippen molar-refractivity contribution in [3.05, 3.63) is 22.8 Å². The number of hydrogen-bond acceptors (Lipinski definition) is 9. The van der Waals surface area contributed by atoms with Crippen LogP contribution in [-0.2, 0) is 34.7 Å². The Morgan fingerprint density at radius 2 is 2.11 bits per heavy atom. The number of carbonyl (C=O) groups is 1. The predicted molar refractivity (Wildman–Crippen MR) is 138 cm³/mol. The van der Waals surface area contributed by atoms with Crippen LogP contribution < -0.4 is 20.1 Å². The molecule has 3 aliphatic rings. The molecule has 3 atom stereocenters. The molecule has 1 amide bonds. The third-order valence-electron chi connectivity index (χ3n) is 7.27. The van der Waals surface area contributed by atoms with Gasteiger partial charge in [-0.05, 0) is 50.0 Å². The van der Waals surface area contributed by atoms with Crippen molar-refractivity contribution in [2.75, 3.05) is 24.3 Å². The molecule has 3 aromatic rings. The maximum absolute atomic E-state index is 13.5. The fourth-order valence-electron chi connectivity index (χ4n) is 4.78. The lowest BCUT2D eigenvalue weighted by Gasteiger charge is -2.25. The fourth-order valence-corrected chi connectivity index (χ4v) is 7.86. The smallest absolute Gasteiger partial charge is 0.243 e. The van der Waals surface area contributed by atoms with Crippen LogP contribution in [0.2, 0.25) is 0 Å². The van der Waals surface area contributed by atoms with Gasteiger partial charge in [0.2, 0.25) is 27.8 Å². The van der Waals surface area contributed by atoms with E-state index in [1.165, 1.54) is 18.4 Å². The summed E-state index contributed by atoms with van der Waals surface area (Å²) < 4.78 is 52.0. The van der Waals surface area contributed by atoms with Gasteiger partial charge in [-0.25, -0.2) is 22.2 Å². The van der Waals surface area contributed by atoms with Crippen LogP contribution in [0.4, 0.5) is 21.2 Å². The molecule has 38 heavy (non-hydrogen) atoms. The number of aryl methyl sites for hydroxylation is 2. The molecule has 0 radical (unpaired) electrons. The van der Waals surface area contributed by atoms with Crippen LogP contribution in [0.1, 0.15) is 42.2 Å². The average molecular weight is 565 g/mol. The Morgan fingerprint density at radius 1 is 1.32 bits per heavy atom. The summed E-state index contributed by atoms with van der Waals surface area (Å²) >= 11 is 1.27. The second kappa shape index (κ2) is 9.61. The van der Waals surface area contributed by atoms with Gasteiger partial charge in [-0.3, -0.25) is 9.36 Å². The van der Waals surface area contributed by atoms with E-state index in [1.807, 2.05) is 4.57 Å². The molecule has 0 bridgehead atoms. The number of amides is 1. The second-order valence-electron chi connectivity index (χ2n) is 10.1. The van der Waals surface area contributed by atoms with Crippen LogP contribution in [0.3, 0.4) is 0 Å². The number of nitrogens with zero attached hydrogens (tertiary/aromatic N) is 5. The quantitative estimate of drug-likeness (QED) is 0.341. The van der Waals surface area contributed by atoms with E-state index in [0.717, 1.165) is 24.1 Å². The first kappa shape index (κ1) is 25.2. The van der Waals surface area contributed by atoms with E-state index in [-0.39, 0.29) is 22.4 Å². The van der Waals surface area contributed by atoms with Crippen molar-refractivity contribution in [3.63, 3.8) is 0 Å². The van der Waals surface area contributed by atoms with Gasteiger partial charge >= 0.3 is 0 Å². The Balaban J connectivity index is 1.29. The van der Waals surface area contributed by atoms with Gasteiger partial charge < -0.3 is 15.4 Å². The van der Waals surface area contributed by atoms with Crippen molar-refractivity contribution >= 4 is 44.0 Å². The van der Waals surface area contributed by atoms with E-state index in [2.05, 4.69) is 30.7 Å². The number of sulfonamides is 1. The summed E-state index contributed by atoms with van der Waals surface area (Å²) in [5.41, 5.74) is 0.680. The maximum atomic E-state index is 13.5. The predicted octanol–water partition coefficient (Wildman–Crippen LogP) is 2.54. The van der Waals surface area contributed by atoms with E-state index in [1.54, 1.807) is 24.1 Å². The molecule has 2 fully saturated rings. The van der Waals surface area contributed by atoms with Crippen molar-refractivity contribution in [2.45, 2.75) is 55.6 Å². The second-order valence-corrected chi connectivity index (χ2v) is 12.9. The third-order valence-corrected chi connectivity index (χ3v) is 10.1. The lowest BCUT2D eigenvalue weighted by atomic mass is 9.94. The first-order chi connectivity index (χ1) is 18.2. The molecule has 3 heterocycles. The summed E-state index contributed by atoms with van der Waals surface area (Å²) in [5.74, 6) is 0.769. The van der Waals surface area contributed by atoms with E-state index in [9.17, 15) is 17.6 Å². The van der Waals surface area contributed by atoms with Gasteiger partial charge in [0.15, 0.2) is 0 Å². The first-order valence-corrected chi connectivity index (χ1v) is 14.9. The van der Waals surface area contributed by atoms with Crippen molar-refractivity contribution in [1.82, 2.24) is 29.3 Å². The molecule has 0 aromatic carbocycles. The molecule has 3 aliphatic carbocycles. The fraction of sp³-hybridized carbons (Fsp3) is 0.565.